The van der Waals surface area contributed by atoms with Gasteiger partial charge in [-0.15, -0.1) is 10.2 Å². The first kappa shape index (κ1) is 22.5. The van der Waals surface area contributed by atoms with E-state index in [9.17, 15) is 18.9 Å². The lowest BCUT2D eigenvalue weighted by Crippen LogP contribution is -2.12. The quantitative estimate of drug-likeness (QED) is 0.364. The van der Waals surface area contributed by atoms with Crippen molar-refractivity contribution in [2.45, 2.75) is 11.8 Å². The van der Waals surface area contributed by atoms with Crippen molar-refractivity contribution in [2.24, 2.45) is 5.14 Å². The minimum atomic E-state index is -3.87. The van der Waals surface area contributed by atoms with Crippen LogP contribution in [0.15, 0.2) is 59.5 Å². The number of anilines is 4. The first-order valence-electron chi connectivity index (χ1n) is 9.97. The van der Waals surface area contributed by atoms with Crippen molar-refractivity contribution in [3.05, 3.63) is 65.7 Å². The zero-order valence-electron chi connectivity index (χ0n) is 17.8. The monoisotopic (exact) mass is 474 g/mol. The number of nitrogens with one attached hydrogen (secondary N) is 2. The van der Waals surface area contributed by atoms with E-state index in [2.05, 4.69) is 33.0 Å². The summed E-state index contributed by atoms with van der Waals surface area (Å²) in [7, 11) is -3.87. The highest BCUT2D eigenvalue weighted by atomic mass is 32.2. The van der Waals surface area contributed by atoms with Crippen LogP contribution in [0, 0.1) is 22.7 Å². The summed E-state index contributed by atoms with van der Waals surface area (Å²) in [6, 6.07) is 19.0. The third kappa shape index (κ3) is 4.19. The van der Waals surface area contributed by atoms with Gasteiger partial charge in [0, 0.05) is 11.4 Å². The summed E-state index contributed by atoms with van der Waals surface area (Å²) in [5, 5.41) is 39.5. The number of nitrogens with zero attached hydrogens (tertiary/aromatic N) is 5. The summed E-state index contributed by atoms with van der Waals surface area (Å²) in [6.45, 7) is 2.00. The Morgan fingerprint density at radius 2 is 1.62 bits per heavy atom. The van der Waals surface area contributed by atoms with Crippen molar-refractivity contribution in [3.8, 4) is 18.0 Å². The van der Waals surface area contributed by atoms with Crippen LogP contribution < -0.4 is 20.5 Å². The van der Waals surface area contributed by atoms with E-state index in [0.29, 0.717) is 5.69 Å². The van der Waals surface area contributed by atoms with Gasteiger partial charge in [-0.3, -0.25) is 0 Å². The molecule has 11 nitrogen and oxygen atoms in total. The zero-order valence-corrected chi connectivity index (χ0v) is 18.7. The molecule has 34 heavy (non-hydrogen) atoms. The zero-order chi connectivity index (χ0) is 24.3. The van der Waals surface area contributed by atoms with Gasteiger partial charge in [-0.1, -0.05) is 18.2 Å². The molecule has 0 aliphatic carbocycles. The van der Waals surface area contributed by atoms with E-state index in [4.69, 9.17) is 9.88 Å². The second kappa shape index (κ2) is 9.07. The maximum absolute atomic E-state index is 11.5. The Labute approximate surface area is 195 Å². The number of para-hydroxylation sites is 1. The minimum absolute atomic E-state index is 0.0531. The van der Waals surface area contributed by atoms with Crippen LogP contribution in [0.3, 0.4) is 0 Å². The van der Waals surface area contributed by atoms with E-state index >= 15 is 0 Å². The normalized spacial score (nSPS) is 10.9. The lowest BCUT2D eigenvalue weighted by atomic mass is 10.1. The van der Waals surface area contributed by atoms with Gasteiger partial charge < -0.3 is 15.4 Å². The fourth-order valence-corrected chi connectivity index (χ4v) is 3.82. The highest BCUT2D eigenvalue weighted by Gasteiger charge is 2.25. The molecule has 2 aromatic carbocycles. The Bertz CT molecular complexity index is 1550. The Balaban J connectivity index is 1.89. The highest BCUT2D eigenvalue weighted by molar-refractivity contribution is 7.89. The van der Waals surface area contributed by atoms with Crippen molar-refractivity contribution >= 4 is 38.7 Å². The van der Waals surface area contributed by atoms with Crippen molar-refractivity contribution in [1.82, 2.24) is 14.6 Å². The summed E-state index contributed by atoms with van der Waals surface area (Å²) in [5.74, 6) is 0.410. The van der Waals surface area contributed by atoms with Gasteiger partial charge in [-0.05, 0) is 43.3 Å². The van der Waals surface area contributed by atoms with Crippen LogP contribution in [-0.4, -0.2) is 29.6 Å². The lowest BCUT2D eigenvalue weighted by Gasteiger charge is -2.17. The summed E-state index contributed by atoms with van der Waals surface area (Å²) in [4.78, 5) is -0.0707. The Hall–Kier alpha value is -4.65. The SMILES string of the molecule is CCOc1c(C#N)c(Nc2ccc(S(N)(=O)=O)cc2)c(C#N)c2nnc(Nc3ccccc3)n12. The summed E-state index contributed by atoms with van der Waals surface area (Å²) >= 11 is 0. The molecule has 4 rings (SSSR count). The second-order valence-corrected chi connectivity index (χ2v) is 8.52. The average molecular weight is 475 g/mol. The number of pyridine rings is 1. The van der Waals surface area contributed by atoms with E-state index in [1.807, 2.05) is 30.3 Å². The Morgan fingerprint density at radius 1 is 0.971 bits per heavy atom. The Morgan fingerprint density at radius 3 is 2.21 bits per heavy atom. The van der Waals surface area contributed by atoms with Gasteiger partial charge >= 0.3 is 0 Å². The molecule has 0 atom stereocenters. The second-order valence-electron chi connectivity index (χ2n) is 6.95. The maximum atomic E-state index is 11.5. The van der Waals surface area contributed by atoms with Crippen molar-refractivity contribution in [2.75, 3.05) is 17.2 Å². The average Bonchev–Trinajstić information content (AvgIpc) is 3.23. The van der Waals surface area contributed by atoms with E-state index < -0.39 is 10.0 Å². The number of aromatic nitrogens is 3. The summed E-state index contributed by atoms with van der Waals surface area (Å²) in [6.07, 6.45) is 0. The van der Waals surface area contributed by atoms with Gasteiger partial charge in [0.2, 0.25) is 21.9 Å². The molecule has 170 valence electrons. The van der Waals surface area contributed by atoms with Crippen molar-refractivity contribution in [3.63, 3.8) is 0 Å². The number of primary sulfonamides is 1. The topological polar surface area (TPSA) is 171 Å². The number of hydrogen-bond donors (Lipinski definition) is 3. The largest absolute Gasteiger partial charge is 0.478 e. The van der Waals surface area contributed by atoms with Crippen LogP contribution >= 0.6 is 0 Å². The Kier molecular flexibility index (Phi) is 6.01. The molecule has 0 saturated heterocycles. The molecule has 0 fully saturated rings. The van der Waals surface area contributed by atoms with Crippen LogP contribution in [-0.2, 0) is 10.0 Å². The number of hydrogen-bond acceptors (Lipinski definition) is 9. The molecule has 2 heterocycles. The molecule has 0 aliphatic heterocycles. The van der Waals surface area contributed by atoms with Crippen LogP contribution in [0.25, 0.3) is 5.65 Å². The van der Waals surface area contributed by atoms with Gasteiger partial charge in [-0.25, -0.2) is 18.0 Å². The van der Waals surface area contributed by atoms with Crippen LogP contribution in [0.2, 0.25) is 0 Å². The molecule has 0 unspecified atom stereocenters. The van der Waals surface area contributed by atoms with Gasteiger partial charge in [0.15, 0.2) is 5.65 Å². The molecule has 4 N–H and O–H groups in total. The highest BCUT2D eigenvalue weighted by Crippen LogP contribution is 2.36. The number of sulfonamides is 1. The molecule has 0 bridgehead atoms. The first-order chi connectivity index (χ1) is 16.4. The number of benzene rings is 2. The molecule has 0 aliphatic rings. The molecule has 2 aromatic heterocycles. The predicted octanol–water partition coefficient (Wildman–Crippen LogP) is 3.01. The maximum Gasteiger partial charge on any atom is 0.238 e. The molecule has 0 spiro atoms. The fourth-order valence-electron chi connectivity index (χ4n) is 3.31. The summed E-state index contributed by atoms with van der Waals surface area (Å²) in [5.41, 5.74) is 1.60. The molecule has 12 heteroatoms. The standard InChI is InChI=1S/C22H18N8O3S/c1-2-33-21-18(13-24)19(26-15-8-10-16(11-9-15)34(25,31)32)17(12-23)20-28-29-22(30(20)21)27-14-6-4-3-5-7-14/h3-11,26H,2H2,1H3,(H,27,29)(H2,25,31,32). The number of rotatable bonds is 7. The van der Waals surface area contributed by atoms with E-state index in [1.54, 1.807) is 6.92 Å². The van der Waals surface area contributed by atoms with Gasteiger partial charge in [0.1, 0.15) is 23.3 Å². The van der Waals surface area contributed by atoms with E-state index in [-0.39, 0.29) is 45.8 Å². The van der Waals surface area contributed by atoms with Crippen molar-refractivity contribution in [1.29, 1.82) is 10.5 Å². The van der Waals surface area contributed by atoms with Gasteiger partial charge in [0.05, 0.1) is 17.2 Å². The van der Waals surface area contributed by atoms with E-state index in [0.717, 1.165) is 5.69 Å². The third-order valence-corrected chi connectivity index (χ3v) is 5.72. The van der Waals surface area contributed by atoms with Gasteiger partial charge in [0.25, 0.3) is 0 Å². The van der Waals surface area contributed by atoms with Crippen molar-refractivity contribution < 1.29 is 13.2 Å². The molecular weight excluding hydrogens is 456 g/mol. The van der Waals surface area contributed by atoms with E-state index in [1.165, 1.54) is 28.7 Å². The smallest absolute Gasteiger partial charge is 0.238 e. The number of nitrogens with two attached hydrogens (primary N) is 1. The molecule has 4 aromatic rings. The summed E-state index contributed by atoms with van der Waals surface area (Å²) < 4.78 is 30.3. The van der Waals surface area contributed by atoms with Crippen LogP contribution in [0.4, 0.5) is 23.0 Å². The van der Waals surface area contributed by atoms with Crippen LogP contribution in [0.1, 0.15) is 18.1 Å². The molecular formula is C22H18N8O3S. The van der Waals surface area contributed by atoms with Crippen LogP contribution in [0.5, 0.6) is 5.88 Å². The molecule has 0 amide bonds. The lowest BCUT2D eigenvalue weighted by molar-refractivity contribution is 0.322. The number of nitriles is 2. The fraction of sp³-hybridized carbons (Fsp3) is 0.0909. The molecule has 0 radical (unpaired) electrons. The van der Waals surface area contributed by atoms with Gasteiger partial charge in [-0.2, -0.15) is 10.5 Å². The molecule has 0 saturated carbocycles. The number of fused-ring (bicyclic) bond motifs is 1. The number of ether oxygens (including phenoxy) is 1. The minimum Gasteiger partial charge on any atom is -0.478 e. The first-order valence-corrected chi connectivity index (χ1v) is 11.5. The predicted molar refractivity (Wildman–Crippen MR) is 124 cm³/mol. The third-order valence-electron chi connectivity index (χ3n) is 4.79.